The molecular weight excluding hydrogens is 276 g/mol. The first kappa shape index (κ1) is 14.1. The lowest BCUT2D eigenvalue weighted by Gasteiger charge is -2.10. The number of rotatable bonds is 4. The van der Waals surface area contributed by atoms with Gasteiger partial charge in [-0.2, -0.15) is 0 Å². The van der Waals surface area contributed by atoms with Gasteiger partial charge >= 0.3 is 0 Å². The van der Waals surface area contributed by atoms with Gasteiger partial charge in [0.2, 0.25) is 5.91 Å². The van der Waals surface area contributed by atoms with Crippen LogP contribution in [-0.2, 0) is 6.61 Å². The summed E-state index contributed by atoms with van der Waals surface area (Å²) in [5.41, 5.74) is 8.65. The summed E-state index contributed by atoms with van der Waals surface area (Å²) in [4.78, 5) is 15.6. The number of fused-ring (bicyclic) bond motifs is 1. The number of hydrogen-bond donors (Lipinski definition) is 1. The average Bonchev–Trinajstić information content (AvgIpc) is 2.53. The van der Waals surface area contributed by atoms with Crippen molar-refractivity contribution in [1.29, 1.82) is 0 Å². The number of carbonyl (C=O) groups excluding carboxylic acids is 1. The van der Waals surface area contributed by atoms with Crippen LogP contribution in [0.15, 0.2) is 54.6 Å². The second-order valence-electron chi connectivity index (χ2n) is 5.10. The van der Waals surface area contributed by atoms with E-state index in [1.54, 1.807) is 24.3 Å². The highest BCUT2D eigenvalue weighted by Crippen LogP contribution is 2.19. The first-order chi connectivity index (χ1) is 10.6. The first-order valence-corrected chi connectivity index (χ1v) is 7.01. The van der Waals surface area contributed by atoms with Crippen molar-refractivity contribution in [3.8, 4) is 5.75 Å². The van der Waals surface area contributed by atoms with Gasteiger partial charge in [0, 0.05) is 22.2 Å². The summed E-state index contributed by atoms with van der Waals surface area (Å²) in [6.07, 6.45) is 0. The van der Waals surface area contributed by atoms with Gasteiger partial charge in [-0.1, -0.05) is 18.2 Å². The number of nitrogens with zero attached hydrogens (tertiary/aromatic N) is 1. The summed E-state index contributed by atoms with van der Waals surface area (Å²) in [7, 11) is 0. The van der Waals surface area contributed by atoms with Gasteiger partial charge < -0.3 is 10.5 Å². The summed E-state index contributed by atoms with van der Waals surface area (Å²) < 4.78 is 5.76. The van der Waals surface area contributed by atoms with Gasteiger partial charge in [0.05, 0.1) is 5.52 Å². The molecule has 0 aliphatic rings. The first-order valence-electron chi connectivity index (χ1n) is 7.01. The minimum atomic E-state index is -0.443. The van der Waals surface area contributed by atoms with Crippen LogP contribution in [0.5, 0.6) is 5.75 Å². The summed E-state index contributed by atoms with van der Waals surface area (Å²) >= 11 is 0. The normalized spacial score (nSPS) is 10.6. The Hall–Kier alpha value is -2.88. The van der Waals surface area contributed by atoms with Crippen LogP contribution in [0.1, 0.15) is 21.6 Å². The second-order valence-corrected chi connectivity index (χ2v) is 5.10. The van der Waals surface area contributed by atoms with Crippen LogP contribution < -0.4 is 10.5 Å². The molecule has 0 spiro atoms. The van der Waals surface area contributed by atoms with Gasteiger partial charge in [-0.05, 0) is 43.3 Å². The maximum absolute atomic E-state index is 11.0. The third-order valence-corrected chi connectivity index (χ3v) is 3.55. The number of hydrogen-bond acceptors (Lipinski definition) is 3. The molecule has 0 saturated carbocycles. The molecule has 0 saturated heterocycles. The van der Waals surface area contributed by atoms with Crippen LogP contribution in [0, 0.1) is 6.92 Å². The van der Waals surface area contributed by atoms with Gasteiger partial charge in [0.1, 0.15) is 12.4 Å². The molecule has 0 radical (unpaired) electrons. The van der Waals surface area contributed by atoms with E-state index >= 15 is 0 Å². The highest BCUT2D eigenvalue weighted by atomic mass is 16.5. The van der Waals surface area contributed by atoms with Crippen molar-refractivity contribution >= 4 is 16.8 Å². The quantitative estimate of drug-likeness (QED) is 0.803. The topological polar surface area (TPSA) is 65.2 Å². The van der Waals surface area contributed by atoms with E-state index in [0.717, 1.165) is 22.2 Å². The zero-order valence-corrected chi connectivity index (χ0v) is 12.2. The Morgan fingerprint density at radius 3 is 2.59 bits per heavy atom. The lowest BCUT2D eigenvalue weighted by molar-refractivity contribution is 0.100. The predicted octanol–water partition coefficient (Wildman–Crippen LogP) is 3.22. The number of primary amides is 1. The Kier molecular flexibility index (Phi) is 3.74. The largest absolute Gasteiger partial charge is 0.489 e. The summed E-state index contributed by atoms with van der Waals surface area (Å²) in [6, 6.07) is 16.9. The average molecular weight is 292 g/mol. The van der Waals surface area contributed by atoms with E-state index in [0.29, 0.717) is 17.9 Å². The van der Waals surface area contributed by atoms with Crippen LogP contribution in [0.3, 0.4) is 0 Å². The fourth-order valence-corrected chi connectivity index (χ4v) is 2.28. The van der Waals surface area contributed by atoms with Crippen LogP contribution in [0.2, 0.25) is 0 Å². The van der Waals surface area contributed by atoms with Crippen molar-refractivity contribution in [2.45, 2.75) is 13.5 Å². The molecular formula is C18H16N2O2. The molecule has 1 heterocycles. The van der Waals surface area contributed by atoms with Crippen LogP contribution in [0.4, 0.5) is 0 Å². The minimum absolute atomic E-state index is 0.430. The third kappa shape index (κ3) is 2.91. The zero-order valence-electron chi connectivity index (χ0n) is 12.2. The standard InChI is InChI=1S/C18H16N2O2/c1-12-15(10-14-4-2-3-5-17(14)20-12)11-22-16-8-6-13(7-9-16)18(19)21/h2-10H,11H2,1H3,(H2,19,21). The number of pyridine rings is 1. The molecule has 0 bridgehead atoms. The lowest BCUT2D eigenvalue weighted by Crippen LogP contribution is -2.10. The number of aromatic nitrogens is 1. The molecule has 4 heteroatoms. The van der Waals surface area contributed by atoms with Crippen LogP contribution >= 0.6 is 0 Å². The van der Waals surface area contributed by atoms with Gasteiger partial charge in [-0.3, -0.25) is 9.78 Å². The fraction of sp³-hybridized carbons (Fsp3) is 0.111. The Bertz CT molecular complexity index is 826. The number of amides is 1. The molecule has 0 unspecified atom stereocenters. The van der Waals surface area contributed by atoms with Crippen molar-refractivity contribution in [3.05, 3.63) is 71.4 Å². The maximum Gasteiger partial charge on any atom is 0.248 e. The molecule has 3 aromatic rings. The Morgan fingerprint density at radius 2 is 1.86 bits per heavy atom. The van der Waals surface area contributed by atoms with E-state index in [1.807, 2.05) is 31.2 Å². The molecule has 0 aliphatic carbocycles. The molecule has 3 rings (SSSR count). The Labute approximate surface area is 128 Å². The maximum atomic E-state index is 11.0. The van der Waals surface area contributed by atoms with E-state index < -0.39 is 5.91 Å². The molecule has 0 fully saturated rings. The predicted molar refractivity (Wildman–Crippen MR) is 85.8 cm³/mol. The minimum Gasteiger partial charge on any atom is -0.489 e. The van der Waals surface area contributed by atoms with Crippen LogP contribution in [0.25, 0.3) is 10.9 Å². The molecule has 2 aromatic carbocycles. The van der Waals surface area contributed by atoms with Crippen molar-refractivity contribution < 1.29 is 9.53 Å². The highest BCUT2D eigenvalue weighted by molar-refractivity contribution is 5.92. The SMILES string of the molecule is Cc1nc2ccccc2cc1COc1ccc(C(N)=O)cc1. The van der Waals surface area contributed by atoms with Crippen molar-refractivity contribution in [2.24, 2.45) is 5.73 Å². The van der Waals surface area contributed by atoms with E-state index in [-0.39, 0.29) is 0 Å². The molecule has 1 aromatic heterocycles. The Balaban J connectivity index is 1.78. The molecule has 0 atom stereocenters. The summed E-state index contributed by atoms with van der Waals surface area (Å²) in [6.45, 7) is 2.40. The molecule has 1 amide bonds. The molecule has 4 nitrogen and oxygen atoms in total. The number of para-hydroxylation sites is 1. The zero-order chi connectivity index (χ0) is 15.5. The molecule has 0 aliphatic heterocycles. The fourth-order valence-electron chi connectivity index (χ4n) is 2.28. The monoisotopic (exact) mass is 292 g/mol. The van der Waals surface area contributed by atoms with Gasteiger partial charge in [-0.15, -0.1) is 0 Å². The number of ether oxygens (including phenoxy) is 1. The van der Waals surface area contributed by atoms with Gasteiger partial charge in [0.15, 0.2) is 0 Å². The summed E-state index contributed by atoms with van der Waals surface area (Å²) in [5, 5.41) is 1.09. The number of aryl methyl sites for hydroxylation is 1. The highest BCUT2D eigenvalue weighted by Gasteiger charge is 2.05. The second kappa shape index (κ2) is 5.85. The number of benzene rings is 2. The number of carbonyl (C=O) groups is 1. The van der Waals surface area contributed by atoms with E-state index in [9.17, 15) is 4.79 Å². The van der Waals surface area contributed by atoms with Gasteiger partial charge in [-0.25, -0.2) is 0 Å². The van der Waals surface area contributed by atoms with Crippen molar-refractivity contribution in [2.75, 3.05) is 0 Å². The van der Waals surface area contributed by atoms with Gasteiger partial charge in [0.25, 0.3) is 0 Å². The van der Waals surface area contributed by atoms with Crippen molar-refractivity contribution in [3.63, 3.8) is 0 Å². The van der Waals surface area contributed by atoms with E-state index in [2.05, 4.69) is 11.1 Å². The van der Waals surface area contributed by atoms with E-state index in [1.165, 1.54) is 0 Å². The third-order valence-electron chi connectivity index (χ3n) is 3.55. The van der Waals surface area contributed by atoms with E-state index in [4.69, 9.17) is 10.5 Å². The van der Waals surface area contributed by atoms with Crippen molar-refractivity contribution in [1.82, 2.24) is 4.98 Å². The summed E-state index contributed by atoms with van der Waals surface area (Å²) in [5.74, 6) is 0.249. The Morgan fingerprint density at radius 1 is 1.14 bits per heavy atom. The molecule has 2 N–H and O–H groups in total. The van der Waals surface area contributed by atoms with Crippen LogP contribution in [-0.4, -0.2) is 10.9 Å². The smallest absolute Gasteiger partial charge is 0.248 e. The molecule has 22 heavy (non-hydrogen) atoms. The number of nitrogens with two attached hydrogens (primary N) is 1. The lowest BCUT2D eigenvalue weighted by atomic mass is 10.1. The molecule has 110 valence electrons.